The van der Waals surface area contributed by atoms with Crippen LogP contribution >= 0.6 is 0 Å². The van der Waals surface area contributed by atoms with Gasteiger partial charge >= 0.3 is 11.9 Å². The summed E-state index contributed by atoms with van der Waals surface area (Å²) >= 11 is 0. The van der Waals surface area contributed by atoms with E-state index in [2.05, 4.69) is 35.1 Å². The normalized spacial score (nSPS) is 12.0. The van der Waals surface area contributed by atoms with Crippen molar-refractivity contribution < 1.29 is 19.1 Å². The minimum atomic E-state index is -0.308. The molecule has 36 heavy (non-hydrogen) atoms. The van der Waals surface area contributed by atoms with Crippen molar-refractivity contribution in [1.29, 1.82) is 0 Å². The van der Waals surface area contributed by atoms with Gasteiger partial charge in [-0.1, -0.05) is 75.4 Å². The van der Waals surface area contributed by atoms with Crippen LogP contribution in [-0.4, -0.2) is 28.0 Å². The van der Waals surface area contributed by atoms with E-state index in [9.17, 15) is 9.59 Å². The van der Waals surface area contributed by atoms with Gasteiger partial charge in [0.05, 0.1) is 24.9 Å². The lowest BCUT2D eigenvalue weighted by Gasteiger charge is -2.11. The molecule has 1 heterocycles. The average Bonchev–Trinajstić information content (AvgIpc) is 2.86. The molecule has 0 spiro atoms. The summed E-state index contributed by atoms with van der Waals surface area (Å²) in [6.07, 6.45) is 19.8. The number of rotatable bonds is 17. The molecule has 0 aliphatic carbocycles. The van der Waals surface area contributed by atoms with Gasteiger partial charge in [0.2, 0.25) is 0 Å². The zero-order valence-electron chi connectivity index (χ0n) is 22.2. The number of unbranched alkanes of at least 4 members (excludes halogenated alkanes) is 7. The zero-order chi connectivity index (χ0) is 26.0. The van der Waals surface area contributed by atoms with Gasteiger partial charge in [-0.25, -0.2) is 9.97 Å². The number of hydrogen-bond donors (Lipinski definition) is 0. The maximum absolute atomic E-state index is 12.1. The van der Waals surface area contributed by atoms with Crippen LogP contribution in [0, 0.1) is 0 Å². The predicted molar refractivity (Wildman–Crippen MR) is 144 cm³/mol. The lowest BCUT2D eigenvalue weighted by atomic mass is 10.0. The smallest absolute Gasteiger partial charge is 0.315 e. The minimum Gasteiger partial charge on any atom is -0.463 e. The Morgan fingerprint density at radius 2 is 1.61 bits per heavy atom. The molecular weight excluding hydrogens is 452 g/mol. The molecule has 0 radical (unpaired) electrons. The van der Waals surface area contributed by atoms with E-state index in [1.54, 1.807) is 12.4 Å². The number of carbonyl (C=O) groups is 2. The molecule has 0 saturated carbocycles. The van der Waals surface area contributed by atoms with Crippen LogP contribution in [0.4, 0.5) is 0 Å². The molecule has 0 amide bonds. The first-order chi connectivity index (χ1) is 17.5. The number of hydrogen-bond acceptors (Lipinski definition) is 6. The average molecular weight is 495 g/mol. The van der Waals surface area contributed by atoms with Crippen LogP contribution in [0.2, 0.25) is 0 Å². The van der Waals surface area contributed by atoms with Gasteiger partial charge in [-0.2, -0.15) is 0 Å². The van der Waals surface area contributed by atoms with Gasteiger partial charge in [-0.15, -0.1) is 0 Å². The highest BCUT2D eigenvalue weighted by Gasteiger charge is 2.07. The number of nitrogens with zero attached hydrogens (tertiary/aromatic N) is 2. The Hall–Kier alpha value is -3.02. The summed E-state index contributed by atoms with van der Waals surface area (Å²) in [6.45, 7) is 5.60. The molecule has 1 unspecified atom stereocenters. The first-order valence-electron chi connectivity index (χ1n) is 13.4. The lowest BCUT2D eigenvalue weighted by molar-refractivity contribution is -0.145. The fourth-order valence-corrected chi connectivity index (χ4v) is 3.95. The van der Waals surface area contributed by atoms with Crippen LogP contribution < -0.4 is 4.74 Å². The third kappa shape index (κ3) is 12.6. The molecule has 0 aliphatic heterocycles. The summed E-state index contributed by atoms with van der Waals surface area (Å²) in [5.41, 5.74) is 2.16. The summed E-state index contributed by atoms with van der Waals surface area (Å²) in [5, 5.41) is 0. The standard InChI is InChI=1S/C30H42N2O4/c1-4-5-6-7-8-9-10-11-12-17-29(34)36-28-22-31-30(32-23-28)27-20-18-26(19-21-27)16-14-13-15-24(2)35-25(3)33/h11-12,18-24H,4-10,13-17H2,1-3H3/b12-11-. The molecule has 0 fully saturated rings. The van der Waals surface area contributed by atoms with Crippen LogP contribution in [0.1, 0.15) is 97.0 Å². The van der Waals surface area contributed by atoms with Crippen LogP contribution in [0.25, 0.3) is 11.4 Å². The fourth-order valence-electron chi connectivity index (χ4n) is 3.95. The van der Waals surface area contributed by atoms with Gasteiger partial charge in [-0.3, -0.25) is 9.59 Å². The molecule has 0 aliphatic rings. The summed E-state index contributed by atoms with van der Waals surface area (Å²) in [6, 6.07) is 8.18. The van der Waals surface area contributed by atoms with Gasteiger partial charge in [0.15, 0.2) is 11.6 Å². The van der Waals surface area contributed by atoms with Crippen molar-refractivity contribution in [2.24, 2.45) is 0 Å². The topological polar surface area (TPSA) is 78.4 Å². The Morgan fingerprint density at radius 1 is 0.917 bits per heavy atom. The van der Waals surface area contributed by atoms with E-state index in [1.165, 1.54) is 51.0 Å². The number of ether oxygens (including phenoxy) is 2. The van der Waals surface area contributed by atoms with E-state index in [4.69, 9.17) is 9.47 Å². The summed E-state index contributed by atoms with van der Waals surface area (Å²) in [7, 11) is 0. The van der Waals surface area contributed by atoms with Gasteiger partial charge in [0, 0.05) is 12.5 Å². The van der Waals surface area contributed by atoms with Crippen molar-refractivity contribution in [2.45, 2.75) is 104 Å². The summed E-state index contributed by atoms with van der Waals surface area (Å²) in [5.74, 6) is 0.415. The van der Waals surface area contributed by atoms with E-state index in [0.717, 1.165) is 37.7 Å². The van der Waals surface area contributed by atoms with Crippen molar-refractivity contribution in [1.82, 2.24) is 9.97 Å². The summed E-state index contributed by atoms with van der Waals surface area (Å²) in [4.78, 5) is 31.7. The predicted octanol–water partition coefficient (Wildman–Crippen LogP) is 7.41. The largest absolute Gasteiger partial charge is 0.463 e. The highest BCUT2D eigenvalue weighted by molar-refractivity contribution is 5.73. The lowest BCUT2D eigenvalue weighted by Crippen LogP contribution is -2.11. The molecule has 2 aromatic rings. The highest BCUT2D eigenvalue weighted by Crippen LogP contribution is 2.19. The van der Waals surface area contributed by atoms with Gasteiger partial charge in [0.25, 0.3) is 0 Å². The molecule has 2 rings (SSSR count). The molecule has 0 saturated heterocycles. The van der Waals surface area contributed by atoms with Crippen molar-refractivity contribution in [3.63, 3.8) is 0 Å². The molecule has 0 bridgehead atoms. The van der Waals surface area contributed by atoms with Gasteiger partial charge in [-0.05, 0) is 51.0 Å². The number of benzene rings is 1. The molecular formula is C30H42N2O4. The Kier molecular flexibility index (Phi) is 14.1. The molecule has 1 aromatic heterocycles. The maximum atomic E-state index is 12.1. The van der Waals surface area contributed by atoms with E-state index in [1.807, 2.05) is 25.1 Å². The van der Waals surface area contributed by atoms with Gasteiger partial charge < -0.3 is 9.47 Å². The van der Waals surface area contributed by atoms with Crippen LogP contribution in [0.5, 0.6) is 5.75 Å². The SMILES string of the molecule is CCCCCCCC/C=C\CC(=O)Oc1cnc(-c2ccc(CCCCC(C)OC(C)=O)cc2)nc1. The monoisotopic (exact) mass is 494 g/mol. The Labute approximate surface area is 216 Å². The molecule has 196 valence electrons. The number of allylic oxidation sites excluding steroid dienone is 1. The van der Waals surface area contributed by atoms with Crippen LogP contribution in [0.3, 0.4) is 0 Å². The molecule has 6 nitrogen and oxygen atoms in total. The Morgan fingerprint density at radius 3 is 2.31 bits per heavy atom. The van der Waals surface area contributed by atoms with Crippen molar-refractivity contribution >= 4 is 11.9 Å². The number of aryl methyl sites for hydroxylation is 1. The second-order valence-corrected chi connectivity index (χ2v) is 9.31. The van der Waals surface area contributed by atoms with Crippen molar-refractivity contribution in [3.8, 4) is 17.1 Å². The molecule has 6 heteroatoms. The third-order valence-corrected chi connectivity index (χ3v) is 5.94. The van der Waals surface area contributed by atoms with Crippen LogP contribution in [0.15, 0.2) is 48.8 Å². The first kappa shape index (κ1) is 29.2. The van der Waals surface area contributed by atoms with Crippen molar-refractivity contribution in [3.05, 3.63) is 54.4 Å². The first-order valence-corrected chi connectivity index (χ1v) is 13.4. The van der Waals surface area contributed by atoms with Gasteiger partial charge in [0.1, 0.15) is 0 Å². The van der Waals surface area contributed by atoms with E-state index in [-0.39, 0.29) is 24.5 Å². The number of aromatic nitrogens is 2. The minimum absolute atomic E-state index is 0.0318. The number of esters is 2. The zero-order valence-corrected chi connectivity index (χ0v) is 22.2. The molecule has 1 atom stereocenters. The molecule has 0 N–H and O–H groups in total. The fraction of sp³-hybridized carbons (Fsp3) is 0.533. The Balaban J connectivity index is 1.68. The molecule has 1 aromatic carbocycles. The van der Waals surface area contributed by atoms with E-state index in [0.29, 0.717) is 11.6 Å². The second-order valence-electron chi connectivity index (χ2n) is 9.31. The maximum Gasteiger partial charge on any atom is 0.315 e. The number of carbonyl (C=O) groups excluding carboxylic acids is 2. The summed E-state index contributed by atoms with van der Waals surface area (Å²) < 4.78 is 10.5. The van der Waals surface area contributed by atoms with Crippen LogP contribution in [-0.2, 0) is 20.7 Å². The van der Waals surface area contributed by atoms with Crippen molar-refractivity contribution in [2.75, 3.05) is 0 Å². The second kappa shape index (κ2) is 17.4. The third-order valence-electron chi connectivity index (χ3n) is 5.94. The Bertz CT molecular complexity index is 923. The van der Waals surface area contributed by atoms with E-state index < -0.39 is 0 Å². The quantitative estimate of drug-likeness (QED) is 0.129. The highest BCUT2D eigenvalue weighted by atomic mass is 16.5. The van der Waals surface area contributed by atoms with E-state index >= 15 is 0 Å².